The maximum absolute atomic E-state index is 12.7. The van der Waals surface area contributed by atoms with Gasteiger partial charge in [0.05, 0.1) is 6.04 Å². The first kappa shape index (κ1) is 17.5. The molecular weight excluding hydrogens is 322 g/mol. The van der Waals surface area contributed by atoms with Crippen LogP contribution in [0.25, 0.3) is 0 Å². The summed E-state index contributed by atoms with van der Waals surface area (Å²) in [6, 6.07) is 4.65. The number of hydrogen-bond donors (Lipinski definition) is 1. The Morgan fingerprint density at radius 1 is 1.04 bits per heavy atom. The Morgan fingerprint density at radius 3 is 2.28 bits per heavy atom. The van der Waals surface area contributed by atoms with Crippen LogP contribution in [0.1, 0.15) is 31.1 Å². The SMILES string of the molecule is CC(C)(C)[C@H](N)C(=O)N1CCN(C(=O)c2ccc3c(c2)OCO3)CC1. The third-order valence-corrected chi connectivity index (χ3v) is 4.70. The summed E-state index contributed by atoms with van der Waals surface area (Å²) in [6.45, 7) is 8.03. The van der Waals surface area contributed by atoms with Crippen molar-refractivity contribution < 1.29 is 19.1 Å². The Balaban J connectivity index is 1.60. The minimum atomic E-state index is -0.538. The molecule has 1 aromatic carbocycles. The van der Waals surface area contributed by atoms with Crippen LogP contribution >= 0.6 is 0 Å². The Labute approximate surface area is 147 Å². The second-order valence-corrected chi connectivity index (χ2v) is 7.53. The normalized spacial score (nSPS) is 18.2. The minimum absolute atomic E-state index is 0.0531. The predicted molar refractivity (Wildman–Crippen MR) is 92.5 cm³/mol. The Kier molecular flexibility index (Phi) is 4.60. The first-order valence-electron chi connectivity index (χ1n) is 8.50. The molecule has 2 heterocycles. The average molecular weight is 347 g/mol. The molecule has 7 heteroatoms. The van der Waals surface area contributed by atoms with Crippen LogP contribution in [0.4, 0.5) is 0 Å². The molecule has 7 nitrogen and oxygen atoms in total. The van der Waals surface area contributed by atoms with Gasteiger partial charge in [0.1, 0.15) is 0 Å². The Morgan fingerprint density at radius 2 is 1.64 bits per heavy atom. The lowest BCUT2D eigenvalue weighted by atomic mass is 9.86. The van der Waals surface area contributed by atoms with Crippen molar-refractivity contribution in [2.24, 2.45) is 11.1 Å². The molecule has 25 heavy (non-hydrogen) atoms. The van der Waals surface area contributed by atoms with Gasteiger partial charge in [0.2, 0.25) is 12.7 Å². The highest BCUT2D eigenvalue weighted by Gasteiger charge is 2.33. The molecule has 2 amide bonds. The molecular formula is C18H25N3O4. The molecule has 0 unspecified atom stereocenters. The predicted octanol–water partition coefficient (Wildman–Crippen LogP) is 1.07. The van der Waals surface area contributed by atoms with Gasteiger partial charge in [-0.3, -0.25) is 9.59 Å². The van der Waals surface area contributed by atoms with Gasteiger partial charge in [0, 0.05) is 31.7 Å². The van der Waals surface area contributed by atoms with Crippen LogP contribution in [0.2, 0.25) is 0 Å². The van der Waals surface area contributed by atoms with E-state index in [4.69, 9.17) is 15.2 Å². The summed E-state index contributed by atoms with van der Waals surface area (Å²) in [6.07, 6.45) is 0. The molecule has 1 saturated heterocycles. The topological polar surface area (TPSA) is 85.1 Å². The molecule has 0 radical (unpaired) electrons. The molecule has 2 aliphatic rings. The molecule has 2 N–H and O–H groups in total. The molecule has 1 atom stereocenters. The van der Waals surface area contributed by atoms with Gasteiger partial charge in [0.25, 0.3) is 5.91 Å². The van der Waals surface area contributed by atoms with Crippen molar-refractivity contribution in [2.75, 3.05) is 33.0 Å². The van der Waals surface area contributed by atoms with E-state index in [2.05, 4.69) is 0 Å². The highest BCUT2D eigenvalue weighted by atomic mass is 16.7. The molecule has 2 aliphatic heterocycles. The second kappa shape index (κ2) is 6.55. The zero-order valence-electron chi connectivity index (χ0n) is 14.9. The maximum Gasteiger partial charge on any atom is 0.254 e. The van der Waals surface area contributed by atoms with E-state index in [1.165, 1.54) is 0 Å². The van der Waals surface area contributed by atoms with Crippen LogP contribution in [0.3, 0.4) is 0 Å². The number of hydrogen-bond acceptors (Lipinski definition) is 5. The summed E-state index contributed by atoms with van der Waals surface area (Å²) in [5.74, 6) is 1.13. The first-order chi connectivity index (χ1) is 11.8. The summed E-state index contributed by atoms with van der Waals surface area (Å²) in [7, 11) is 0. The van der Waals surface area contributed by atoms with E-state index < -0.39 is 6.04 Å². The van der Waals surface area contributed by atoms with Crippen LogP contribution in [0.15, 0.2) is 18.2 Å². The highest BCUT2D eigenvalue weighted by Crippen LogP contribution is 2.32. The number of nitrogens with zero attached hydrogens (tertiary/aromatic N) is 2. The van der Waals surface area contributed by atoms with Crippen LogP contribution < -0.4 is 15.2 Å². The fourth-order valence-corrected chi connectivity index (χ4v) is 2.91. The minimum Gasteiger partial charge on any atom is -0.454 e. The summed E-state index contributed by atoms with van der Waals surface area (Å²) in [5, 5.41) is 0. The van der Waals surface area contributed by atoms with Gasteiger partial charge in [-0.15, -0.1) is 0 Å². The zero-order chi connectivity index (χ0) is 18.2. The summed E-state index contributed by atoms with van der Waals surface area (Å²) >= 11 is 0. The fourth-order valence-electron chi connectivity index (χ4n) is 2.91. The molecule has 0 spiro atoms. The van der Waals surface area contributed by atoms with Crippen molar-refractivity contribution in [3.05, 3.63) is 23.8 Å². The Bertz CT molecular complexity index is 675. The van der Waals surface area contributed by atoms with E-state index in [1.807, 2.05) is 20.8 Å². The third-order valence-electron chi connectivity index (χ3n) is 4.70. The average Bonchev–Trinajstić information content (AvgIpc) is 3.06. The molecule has 1 fully saturated rings. The number of amides is 2. The quantitative estimate of drug-likeness (QED) is 0.865. The van der Waals surface area contributed by atoms with E-state index in [0.29, 0.717) is 43.2 Å². The summed E-state index contributed by atoms with van der Waals surface area (Å²) in [5.41, 5.74) is 6.35. The lowest BCUT2D eigenvalue weighted by molar-refractivity contribution is -0.136. The molecule has 0 aliphatic carbocycles. The molecule has 136 valence electrons. The van der Waals surface area contributed by atoms with Gasteiger partial charge >= 0.3 is 0 Å². The van der Waals surface area contributed by atoms with E-state index in [9.17, 15) is 9.59 Å². The molecule has 1 aromatic rings. The molecule has 0 aromatic heterocycles. The number of rotatable bonds is 2. The number of nitrogens with two attached hydrogens (primary N) is 1. The van der Waals surface area contributed by atoms with Crippen molar-refractivity contribution in [3.8, 4) is 11.5 Å². The van der Waals surface area contributed by atoms with Gasteiger partial charge < -0.3 is 25.0 Å². The fraction of sp³-hybridized carbons (Fsp3) is 0.556. The first-order valence-corrected chi connectivity index (χ1v) is 8.50. The maximum atomic E-state index is 12.7. The van der Waals surface area contributed by atoms with E-state index in [-0.39, 0.29) is 24.0 Å². The second-order valence-electron chi connectivity index (χ2n) is 7.53. The van der Waals surface area contributed by atoms with Crippen molar-refractivity contribution in [2.45, 2.75) is 26.8 Å². The van der Waals surface area contributed by atoms with Crippen molar-refractivity contribution in [1.29, 1.82) is 0 Å². The largest absolute Gasteiger partial charge is 0.454 e. The van der Waals surface area contributed by atoms with Crippen molar-refractivity contribution in [3.63, 3.8) is 0 Å². The molecule has 0 bridgehead atoms. The zero-order valence-corrected chi connectivity index (χ0v) is 14.9. The number of ether oxygens (including phenoxy) is 2. The lowest BCUT2D eigenvalue weighted by Gasteiger charge is -2.38. The number of carbonyl (C=O) groups is 2. The number of fused-ring (bicyclic) bond motifs is 1. The van der Waals surface area contributed by atoms with E-state index in [0.717, 1.165) is 0 Å². The smallest absolute Gasteiger partial charge is 0.254 e. The lowest BCUT2D eigenvalue weighted by Crippen LogP contribution is -2.56. The van der Waals surface area contributed by atoms with Gasteiger partial charge in [-0.1, -0.05) is 20.8 Å². The van der Waals surface area contributed by atoms with Crippen LogP contribution in [0.5, 0.6) is 11.5 Å². The van der Waals surface area contributed by atoms with Gasteiger partial charge in [-0.2, -0.15) is 0 Å². The number of carbonyl (C=O) groups excluding carboxylic acids is 2. The van der Waals surface area contributed by atoms with Crippen LogP contribution in [-0.2, 0) is 4.79 Å². The van der Waals surface area contributed by atoms with E-state index >= 15 is 0 Å². The van der Waals surface area contributed by atoms with Crippen LogP contribution in [-0.4, -0.2) is 60.6 Å². The third kappa shape index (κ3) is 3.56. The highest BCUT2D eigenvalue weighted by molar-refractivity contribution is 5.95. The van der Waals surface area contributed by atoms with Gasteiger partial charge in [0.15, 0.2) is 11.5 Å². The monoisotopic (exact) mass is 347 g/mol. The van der Waals surface area contributed by atoms with E-state index in [1.54, 1.807) is 28.0 Å². The van der Waals surface area contributed by atoms with Gasteiger partial charge in [-0.25, -0.2) is 0 Å². The molecule has 0 saturated carbocycles. The summed E-state index contributed by atoms with van der Waals surface area (Å²) in [4.78, 5) is 28.7. The summed E-state index contributed by atoms with van der Waals surface area (Å²) < 4.78 is 10.6. The number of benzene rings is 1. The van der Waals surface area contributed by atoms with Crippen molar-refractivity contribution in [1.82, 2.24) is 9.80 Å². The van der Waals surface area contributed by atoms with Gasteiger partial charge in [-0.05, 0) is 23.6 Å². The number of piperazine rings is 1. The standard InChI is InChI=1S/C18H25N3O4/c1-18(2,3)15(19)17(23)21-8-6-20(7-9-21)16(22)12-4-5-13-14(10-12)25-11-24-13/h4-5,10,15H,6-9,11,19H2,1-3H3/t15-/m1/s1. The van der Waals surface area contributed by atoms with Crippen molar-refractivity contribution >= 4 is 11.8 Å². The van der Waals surface area contributed by atoms with Crippen LogP contribution in [0, 0.1) is 5.41 Å². The Hall–Kier alpha value is -2.28. The molecule has 3 rings (SSSR count).